The highest BCUT2D eigenvalue weighted by Gasteiger charge is 2.29. The molecule has 0 atom stereocenters. The second kappa shape index (κ2) is 17.5. The molecule has 0 aliphatic heterocycles. The number of aromatic nitrogens is 2. The molecule has 5 nitrogen and oxygen atoms in total. The van der Waals surface area contributed by atoms with Gasteiger partial charge < -0.3 is 14.7 Å². The van der Waals surface area contributed by atoms with E-state index in [0.717, 1.165) is 28.7 Å². The number of nitrogens with zero attached hydrogens (tertiary/aromatic N) is 3. The third-order valence-electron chi connectivity index (χ3n) is 6.74. The zero-order valence-corrected chi connectivity index (χ0v) is 24.8. The van der Waals surface area contributed by atoms with Gasteiger partial charge in [-0.1, -0.05) is 90.3 Å². The first kappa shape index (κ1) is 33.0. The van der Waals surface area contributed by atoms with Crippen LogP contribution in [-0.2, 0) is 6.54 Å². The standard InChI is InChI=1S/C24H26N2.C8H19N.CH5NO/c1-6-9-10-18(7-2)21-13-15-25-23-22(21)14-16-26(23)17-20-12-11-19(8-3)24(20,4)5;1-4-7-9(6-3)8-5-2;1-2-3/h6-16H,2-3,17H2,1,4-5H3;4-8H2,1-3H3;2-3H,1H3/b9-6-,18-10+;;. The quantitative estimate of drug-likeness (QED) is 0.234. The number of hydrogen-bond acceptors (Lipinski definition) is 4. The fraction of sp³-hybridized carbons (Fsp3) is 0.424. The van der Waals surface area contributed by atoms with Gasteiger partial charge in [0, 0.05) is 36.8 Å². The van der Waals surface area contributed by atoms with E-state index in [1.165, 1.54) is 50.7 Å². The fourth-order valence-corrected chi connectivity index (χ4v) is 4.55. The van der Waals surface area contributed by atoms with Crippen LogP contribution in [-0.4, -0.2) is 46.3 Å². The second-order valence-corrected chi connectivity index (χ2v) is 9.69. The molecule has 2 heterocycles. The number of allylic oxidation sites excluding steroid dienone is 10. The van der Waals surface area contributed by atoms with E-state index in [9.17, 15) is 0 Å². The largest absolute Gasteiger partial charge is 0.328 e. The molecule has 2 aromatic rings. The number of nitrogens with one attached hydrogen (secondary N) is 1. The van der Waals surface area contributed by atoms with Gasteiger partial charge in [0.25, 0.3) is 0 Å². The molecule has 0 radical (unpaired) electrons. The van der Waals surface area contributed by atoms with Crippen LogP contribution in [0.15, 0.2) is 91.4 Å². The van der Waals surface area contributed by atoms with Crippen molar-refractivity contribution in [3.05, 3.63) is 96.9 Å². The van der Waals surface area contributed by atoms with E-state index >= 15 is 0 Å². The van der Waals surface area contributed by atoms with Crippen molar-refractivity contribution in [1.82, 2.24) is 19.9 Å². The monoisotopic (exact) mass is 518 g/mol. The number of hydroxylamine groups is 1. The minimum Gasteiger partial charge on any atom is -0.328 e. The number of rotatable bonds is 11. The van der Waals surface area contributed by atoms with Crippen LogP contribution in [0.2, 0.25) is 0 Å². The molecule has 3 rings (SSSR count). The summed E-state index contributed by atoms with van der Waals surface area (Å²) in [5.74, 6) is 0. The van der Waals surface area contributed by atoms with Gasteiger partial charge in [-0.3, -0.25) is 0 Å². The van der Waals surface area contributed by atoms with Crippen molar-refractivity contribution in [3.63, 3.8) is 0 Å². The van der Waals surface area contributed by atoms with E-state index < -0.39 is 0 Å². The molecule has 0 aromatic carbocycles. The van der Waals surface area contributed by atoms with Crippen LogP contribution < -0.4 is 5.48 Å². The maximum atomic E-state index is 7.32. The SMILES string of the molecule is C=CC1=CC=C(Cn2ccc3c(/C(C=C)=C/C=C\C)ccnc32)C1(C)C.CCCN(CC)CCC.CNO. The molecule has 0 bridgehead atoms. The molecule has 0 saturated carbocycles. The van der Waals surface area contributed by atoms with E-state index in [4.69, 9.17) is 5.21 Å². The molecular formula is C33H50N4O. The van der Waals surface area contributed by atoms with Crippen LogP contribution in [0.25, 0.3) is 16.6 Å². The summed E-state index contributed by atoms with van der Waals surface area (Å²) in [5.41, 5.74) is 7.65. The first-order valence-corrected chi connectivity index (χ1v) is 13.8. The molecule has 0 spiro atoms. The average Bonchev–Trinajstić information content (AvgIpc) is 3.45. The van der Waals surface area contributed by atoms with Gasteiger partial charge in [-0.2, -0.15) is 0 Å². The van der Waals surface area contributed by atoms with E-state index in [1.54, 1.807) is 5.48 Å². The minimum atomic E-state index is 0.00799. The Hall–Kier alpha value is -2.99. The Morgan fingerprint density at radius 1 is 1.13 bits per heavy atom. The lowest BCUT2D eigenvalue weighted by Crippen LogP contribution is -2.24. The third kappa shape index (κ3) is 9.09. The van der Waals surface area contributed by atoms with Gasteiger partial charge in [0.15, 0.2) is 0 Å². The molecule has 2 N–H and O–H groups in total. The summed E-state index contributed by atoms with van der Waals surface area (Å²) in [6.07, 6.45) is 21.0. The highest BCUT2D eigenvalue weighted by molar-refractivity contribution is 5.93. The highest BCUT2D eigenvalue weighted by Crippen LogP contribution is 2.41. The molecule has 5 heteroatoms. The molecule has 0 unspecified atom stereocenters. The molecule has 1 aliphatic rings. The van der Waals surface area contributed by atoms with Crippen LogP contribution in [0.5, 0.6) is 0 Å². The lowest BCUT2D eigenvalue weighted by Gasteiger charge is -2.26. The van der Waals surface area contributed by atoms with Gasteiger partial charge in [0.2, 0.25) is 0 Å². The number of pyridine rings is 1. The topological polar surface area (TPSA) is 53.3 Å². The summed E-state index contributed by atoms with van der Waals surface area (Å²) in [7, 11) is 1.43. The van der Waals surface area contributed by atoms with Crippen LogP contribution >= 0.6 is 0 Å². The van der Waals surface area contributed by atoms with Crippen LogP contribution in [0.4, 0.5) is 0 Å². The summed E-state index contributed by atoms with van der Waals surface area (Å²) < 4.78 is 2.22. The molecule has 0 amide bonds. The molecule has 1 aliphatic carbocycles. The lowest BCUT2D eigenvalue weighted by molar-refractivity contribution is 0.194. The molecule has 0 saturated heterocycles. The predicted octanol–water partition coefficient (Wildman–Crippen LogP) is 7.98. The fourth-order valence-electron chi connectivity index (χ4n) is 4.55. The van der Waals surface area contributed by atoms with Crippen molar-refractivity contribution in [2.24, 2.45) is 5.41 Å². The summed E-state index contributed by atoms with van der Waals surface area (Å²) in [6, 6.07) is 4.20. The maximum absolute atomic E-state index is 7.32. The minimum absolute atomic E-state index is 0.00799. The van der Waals surface area contributed by atoms with Crippen molar-refractivity contribution >= 4 is 16.6 Å². The van der Waals surface area contributed by atoms with Crippen LogP contribution in [0.1, 0.15) is 59.9 Å². The van der Waals surface area contributed by atoms with Crippen molar-refractivity contribution in [1.29, 1.82) is 0 Å². The molecule has 0 fully saturated rings. The zero-order chi connectivity index (χ0) is 28.6. The Kier molecular flexibility index (Phi) is 15.2. The molecular weight excluding hydrogens is 468 g/mol. The Morgan fingerprint density at radius 2 is 1.79 bits per heavy atom. The van der Waals surface area contributed by atoms with Crippen molar-refractivity contribution in [2.75, 3.05) is 26.7 Å². The first-order chi connectivity index (χ1) is 18.3. The molecule has 2 aromatic heterocycles. The summed E-state index contributed by atoms with van der Waals surface area (Å²) in [6.45, 7) is 25.7. The summed E-state index contributed by atoms with van der Waals surface area (Å²) >= 11 is 0. The van der Waals surface area contributed by atoms with E-state index in [2.05, 4.69) is 98.8 Å². The van der Waals surface area contributed by atoms with Crippen LogP contribution in [0.3, 0.4) is 0 Å². The third-order valence-corrected chi connectivity index (χ3v) is 6.74. The van der Waals surface area contributed by atoms with E-state index in [-0.39, 0.29) is 5.41 Å². The predicted molar refractivity (Wildman–Crippen MR) is 166 cm³/mol. The Morgan fingerprint density at radius 3 is 2.29 bits per heavy atom. The number of fused-ring (bicyclic) bond motifs is 1. The Balaban J connectivity index is 0.000000507. The summed E-state index contributed by atoms with van der Waals surface area (Å²) in [4.78, 5) is 7.13. The smallest absolute Gasteiger partial charge is 0.140 e. The Labute approximate surface area is 231 Å². The maximum Gasteiger partial charge on any atom is 0.140 e. The van der Waals surface area contributed by atoms with Crippen molar-refractivity contribution < 1.29 is 5.21 Å². The second-order valence-electron chi connectivity index (χ2n) is 9.69. The van der Waals surface area contributed by atoms with Gasteiger partial charge in [0.1, 0.15) is 5.65 Å². The zero-order valence-electron chi connectivity index (χ0n) is 24.8. The van der Waals surface area contributed by atoms with Crippen molar-refractivity contribution in [2.45, 2.75) is 60.9 Å². The average molecular weight is 519 g/mol. The van der Waals surface area contributed by atoms with Gasteiger partial charge >= 0.3 is 0 Å². The van der Waals surface area contributed by atoms with E-state index in [0.29, 0.717) is 0 Å². The molecule has 208 valence electrons. The normalized spacial score (nSPS) is 14.5. The Bertz CT molecular complexity index is 1130. The molecule has 38 heavy (non-hydrogen) atoms. The number of hydrogen-bond donors (Lipinski definition) is 2. The van der Waals surface area contributed by atoms with Gasteiger partial charge in [-0.25, -0.2) is 10.5 Å². The lowest BCUT2D eigenvalue weighted by atomic mass is 9.81. The van der Waals surface area contributed by atoms with Gasteiger partial charge in [-0.05, 0) is 73.8 Å². The van der Waals surface area contributed by atoms with Gasteiger partial charge in [-0.15, -0.1) is 0 Å². The van der Waals surface area contributed by atoms with Crippen molar-refractivity contribution in [3.8, 4) is 0 Å². The summed E-state index contributed by atoms with van der Waals surface area (Å²) in [5, 5.41) is 8.47. The van der Waals surface area contributed by atoms with Crippen LogP contribution in [0, 0.1) is 5.41 Å². The first-order valence-electron chi connectivity index (χ1n) is 13.8. The van der Waals surface area contributed by atoms with Gasteiger partial charge in [0.05, 0.1) is 0 Å². The van der Waals surface area contributed by atoms with E-state index in [1.807, 2.05) is 37.4 Å². The highest BCUT2D eigenvalue weighted by atomic mass is 16.5.